The number of nitrogens with one attached hydrogen (secondary N) is 1. The number of pyridine rings is 2. The zero-order chi connectivity index (χ0) is 25.9. The average Bonchev–Trinajstić information content (AvgIpc) is 3.21. The van der Waals surface area contributed by atoms with Crippen molar-refractivity contribution < 1.29 is 41.4 Å². The van der Waals surface area contributed by atoms with Gasteiger partial charge in [-0.05, 0) is 45.4 Å². The third kappa shape index (κ3) is 8.31. The van der Waals surface area contributed by atoms with Crippen molar-refractivity contribution >= 4 is 22.2 Å². The number of ether oxygens (including phenoxy) is 1. The molecule has 0 saturated heterocycles. The number of halogens is 3. The molecule has 190 valence electrons. The van der Waals surface area contributed by atoms with Crippen molar-refractivity contribution in [3.05, 3.63) is 53.7 Å². The summed E-state index contributed by atoms with van der Waals surface area (Å²) in [7, 11) is 0. The molecule has 0 bridgehead atoms. The number of fused-ring (bicyclic) bond motifs is 1. The van der Waals surface area contributed by atoms with Crippen LogP contribution in [0.4, 0.5) is 18.9 Å². The summed E-state index contributed by atoms with van der Waals surface area (Å²) < 4.78 is 46.2. The van der Waals surface area contributed by atoms with E-state index < -0.39 is 17.8 Å². The fourth-order valence-electron chi connectivity index (χ4n) is 2.82. The van der Waals surface area contributed by atoms with Crippen LogP contribution in [0.15, 0.2) is 36.7 Å². The third-order valence-corrected chi connectivity index (χ3v) is 4.12. The Balaban J connectivity index is 0.00000137. The van der Waals surface area contributed by atoms with Gasteiger partial charge in [-0.2, -0.15) is 13.2 Å². The van der Waals surface area contributed by atoms with Gasteiger partial charge in [0.15, 0.2) is 0 Å². The standard InChI is InChI=1S/C20H22F3N5O2.C2H6.CH2.Pd/c1-12(2)30-16-9-18-25-13(5-4-8-24)10-28(18)11-15(16)27-19(29)14-6-3-7-17(26-14)20(21,22)23;1-2;;/h3,6-7,9-12H,4-5,8,24H2,1-2H3,(H,27,29);1-2H3;1H2;. The molecule has 0 radical (unpaired) electrons. The number of nitrogens with two attached hydrogens (primary N) is 1. The molecular weight excluding hydrogens is 542 g/mol. The average molecular weight is 572 g/mol. The van der Waals surface area contributed by atoms with Crippen LogP contribution in [0.2, 0.25) is 0 Å². The van der Waals surface area contributed by atoms with Crippen molar-refractivity contribution in [2.45, 2.75) is 52.8 Å². The first-order chi connectivity index (χ1) is 16.2. The number of amides is 1. The van der Waals surface area contributed by atoms with E-state index in [-0.39, 0.29) is 11.8 Å². The summed E-state index contributed by atoms with van der Waals surface area (Å²) >= 11 is 2.50. The molecule has 0 aromatic carbocycles. The first kappa shape index (κ1) is 29.4. The molecule has 0 atom stereocenters. The number of hydrogen-bond donors (Lipinski definition) is 2. The summed E-state index contributed by atoms with van der Waals surface area (Å²) in [5.74, 6) is -0.425. The van der Waals surface area contributed by atoms with Gasteiger partial charge in [0.2, 0.25) is 0 Å². The summed E-state index contributed by atoms with van der Waals surface area (Å²) in [6, 6.07) is 4.83. The van der Waals surface area contributed by atoms with E-state index in [1.165, 1.54) is 6.07 Å². The predicted octanol–water partition coefficient (Wildman–Crippen LogP) is 4.67. The van der Waals surface area contributed by atoms with Gasteiger partial charge in [0.25, 0.3) is 5.91 Å². The molecule has 11 heteroatoms. The van der Waals surface area contributed by atoms with Crippen molar-refractivity contribution in [2.75, 3.05) is 11.9 Å². The molecule has 0 saturated carbocycles. The van der Waals surface area contributed by atoms with Gasteiger partial charge in [0.05, 0.1) is 11.8 Å². The summed E-state index contributed by atoms with van der Waals surface area (Å²) in [4.78, 5) is 23.6. The van der Waals surface area contributed by atoms with E-state index in [2.05, 4.69) is 39.0 Å². The maximum atomic E-state index is 12.9. The number of anilines is 1. The molecule has 7 nitrogen and oxygen atoms in total. The Hall–Kier alpha value is -2.61. The molecule has 3 aromatic rings. The maximum absolute atomic E-state index is 12.9. The van der Waals surface area contributed by atoms with Gasteiger partial charge in [-0.1, -0.05) is 19.9 Å². The number of carbonyl (C=O) groups excluding carboxylic acids is 1. The van der Waals surface area contributed by atoms with Crippen molar-refractivity contribution in [3.8, 4) is 5.75 Å². The fraction of sp³-hybridized carbons (Fsp3) is 0.391. The minimum atomic E-state index is -4.64. The molecule has 3 N–H and O–H groups in total. The molecule has 0 spiro atoms. The second-order valence-electron chi connectivity index (χ2n) is 6.97. The van der Waals surface area contributed by atoms with Crippen molar-refractivity contribution in [1.29, 1.82) is 0 Å². The van der Waals surface area contributed by atoms with E-state index >= 15 is 0 Å². The number of aromatic nitrogens is 3. The third-order valence-electron chi connectivity index (χ3n) is 4.12. The van der Waals surface area contributed by atoms with E-state index in [0.29, 0.717) is 30.0 Å². The number of nitrogens with zero attached hydrogens (tertiary/aromatic N) is 3. The Labute approximate surface area is 207 Å². The number of rotatable bonds is 7. The Morgan fingerprint density at radius 3 is 2.50 bits per heavy atom. The van der Waals surface area contributed by atoms with Crippen molar-refractivity contribution in [1.82, 2.24) is 14.4 Å². The minimum absolute atomic E-state index is 0.193. The predicted molar refractivity (Wildman–Crippen MR) is 124 cm³/mol. The normalized spacial score (nSPS) is 10.8. The van der Waals surface area contributed by atoms with Crippen molar-refractivity contribution in [3.63, 3.8) is 0 Å². The zero-order valence-electron chi connectivity index (χ0n) is 19.6. The van der Waals surface area contributed by atoms with Crippen LogP contribution in [0.5, 0.6) is 5.75 Å². The summed E-state index contributed by atoms with van der Waals surface area (Å²) in [5, 5.41) is 2.59. The van der Waals surface area contributed by atoms with Gasteiger partial charge >= 0.3 is 29.9 Å². The molecule has 3 rings (SSSR count). The molecule has 0 aliphatic heterocycles. The first-order valence-corrected chi connectivity index (χ1v) is 11.7. The molecule has 3 aromatic heterocycles. The number of alkyl halides is 3. The number of carbonyl (C=O) groups is 1. The van der Waals surface area contributed by atoms with Gasteiger partial charge in [-0.25, -0.2) is 9.97 Å². The molecule has 0 aliphatic rings. The molecule has 34 heavy (non-hydrogen) atoms. The van der Waals surface area contributed by atoms with Crippen LogP contribution in [-0.2, 0) is 31.3 Å². The summed E-state index contributed by atoms with van der Waals surface area (Å²) in [6.45, 7) is 8.19. The van der Waals surface area contributed by atoms with E-state index in [1.54, 1.807) is 16.7 Å². The first-order valence-electron chi connectivity index (χ1n) is 10.6. The molecular formula is C23H30F3N5O2Pd. The van der Waals surface area contributed by atoms with Crippen LogP contribution < -0.4 is 15.8 Å². The Bertz CT molecular complexity index is 1070. The van der Waals surface area contributed by atoms with Crippen LogP contribution in [0.3, 0.4) is 0 Å². The van der Waals surface area contributed by atoms with Gasteiger partial charge in [0.1, 0.15) is 28.5 Å². The summed E-state index contributed by atoms with van der Waals surface area (Å²) in [6.07, 6.45) is 0.0669. The number of aryl methyl sites for hydroxylation is 1. The van der Waals surface area contributed by atoms with Crippen LogP contribution >= 0.6 is 0 Å². The number of imidazole rings is 1. The monoisotopic (exact) mass is 571 g/mol. The Morgan fingerprint density at radius 2 is 1.91 bits per heavy atom. The topological polar surface area (TPSA) is 94.5 Å². The summed E-state index contributed by atoms with van der Waals surface area (Å²) in [5.41, 5.74) is 5.80. The number of hydrogen-bond acceptors (Lipinski definition) is 5. The second kappa shape index (κ2) is 13.9. The second-order valence-corrected chi connectivity index (χ2v) is 6.97. The van der Waals surface area contributed by atoms with Gasteiger partial charge in [0, 0.05) is 18.5 Å². The van der Waals surface area contributed by atoms with E-state index in [1.807, 2.05) is 33.9 Å². The van der Waals surface area contributed by atoms with E-state index in [0.717, 1.165) is 24.2 Å². The molecule has 0 fully saturated rings. The molecule has 0 unspecified atom stereocenters. The van der Waals surface area contributed by atoms with Crippen LogP contribution in [0.25, 0.3) is 5.65 Å². The van der Waals surface area contributed by atoms with Gasteiger partial charge < -0.3 is 20.2 Å². The fourth-order valence-corrected chi connectivity index (χ4v) is 2.82. The van der Waals surface area contributed by atoms with Gasteiger partial charge in [-0.15, -0.1) is 0 Å². The van der Waals surface area contributed by atoms with Crippen molar-refractivity contribution in [2.24, 2.45) is 5.73 Å². The Morgan fingerprint density at radius 1 is 1.24 bits per heavy atom. The van der Waals surface area contributed by atoms with E-state index in [4.69, 9.17) is 10.5 Å². The molecule has 0 aliphatic carbocycles. The van der Waals surface area contributed by atoms with Crippen LogP contribution in [0, 0.1) is 0 Å². The Kier molecular flexibility index (Phi) is 12.1. The molecule has 1 amide bonds. The quantitative estimate of drug-likeness (QED) is 0.402. The van der Waals surface area contributed by atoms with Crippen LogP contribution in [-0.4, -0.2) is 37.9 Å². The molecule has 3 heterocycles. The SMILES string of the molecule is CC.CC(C)Oc1cc2nc(CCCN)cn2cc1NC(=O)c1cccc(C(F)(F)F)n1.[CH2]=[Pd]. The van der Waals surface area contributed by atoms with Crippen LogP contribution in [0.1, 0.15) is 56.0 Å². The zero-order valence-corrected chi connectivity index (χ0v) is 21.1. The van der Waals surface area contributed by atoms with E-state index in [9.17, 15) is 18.0 Å². The van der Waals surface area contributed by atoms with Gasteiger partial charge in [-0.3, -0.25) is 4.79 Å².